The van der Waals surface area contributed by atoms with Gasteiger partial charge in [0.15, 0.2) is 5.78 Å². The van der Waals surface area contributed by atoms with Crippen molar-refractivity contribution in [2.24, 2.45) is 0 Å². The molecule has 1 rings (SSSR count). The molecule has 0 heterocycles. The number of ether oxygens (including phenoxy) is 1. The van der Waals surface area contributed by atoms with E-state index in [2.05, 4.69) is 19.1 Å². The van der Waals surface area contributed by atoms with Crippen LogP contribution < -0.4 is 0 Å². The van der Waals surface area contributed by atoms with Gasteiger partial charge in [-0.25, -0.2) is 0 Å². The van der Waals surface area contributed by atoms with Crippen LogP contribution in [0, 0.1) is 0 Å². The van der Waals surface area contributed by atoms with Crippen LogP contribution in [0.3, 0.4) is 0 Å². The standard InChI is InChI=1S/C20H30O5/c1-3-4-5-10-18-16(11-13-19(18)22)8-6-7-9-17(25-15(2)21)12-14-20(23)24/h4-5,17H,3,6-14H2,1-2H3,(H,23,24)/b5-4-/t17-/m1/s1. The van der Waals surface area contributed by atoms with Gasteiger partial charge < -0.3 is 9.84 Å². The van der Waals surface area contributed by atoms with Gasteiger partial charge in [0.2, 0.25) is 0 Å². The molecule has 0 unspecified atom stereocenters. The number of unbranched alkanes of at least 4 members (excludes halogenated alkanes) is 1. The molecular formula is C20H30O5. The Morgan fingerprint density at radius 2 is 1.96 bits per heavy atom. The van der Waals surface area contributed by atoms with Crippen molar-refractivity contribution < 1.29 is 24.2 Å². The Bertz CT molecular complexity index is 530. The minimum atomic E-state index is -0.878. The van der Waals surface area contributed by atoms with Crippen LogP contribution in [0.25, 0.3) is 0 Å². The highest BCUT2D eigenvalue weighted by atomic mass is 16.5. The number of carboxylic acids is 1. The number of carbonyl (C=O) groups is 3. The van der Waals surface area contributed by atoms with E-state index in [1.54, 1.807) is 0 Å². The third-order valence-electron chi connectivity index (χ3n) is 4.41. The molecule has 140 valence electrons. The summed E-state index contributed by atoms with van der Waals surface area (Å²) in [5.74, 6) is -0.976. The summed E-state index contributed by atoms with van der Waals surface area (Å²) in [6.07, 6.45) is 10.7. The van der Waals surface area contributed by atoms with Gasteiger partial charge in [0, 0.05) is 19.8 Å². The summed E-state index contributed by atoms with van der Waals surface area (Å²) in [4.78, 5) is 33.8. The number of hydrogen-bond acceptors (Lipinski definition) is 4. The summed E-state index contributed by atoms with van der Waals surface area (Å²) in [5, 5.41) is 8.77. The Kier molecular flexibility index (Phi) is 9.81. The molecule has 0 bridgehead atoms. The van der Waals surface area contributed by atoms with Gasteiger partial charge in [-0.3, -0.25) is 14.4 Å². The average molecular weight is 350 g/mol. The third-order valence-corrected chi connectivity index (χ3v) is 4.41. The molecule has 5 heteroatoms. The number of aliphatic carboxylic acids is 1. The third kappa shape index (κ3) is 8.66. The van der Waals surface area contributed by atoms with Gasteiger partial charge in [-0.15, -0.1) is 0 Å². The Morgan fingerprint density at radius 3 is 2.60 bits per heavy atom. The molecule has 0 aromatic rings. The maximum absolute atomic E-state index is 12.0. The first-order chi connectivity index (χ1) is 11.9. The molecule has 1 atom stereocenters. The van der Waals surface area contributed by atoms with Crippen LogP contribution in [0.5, 0.6) is 0 Å². The highest BCUT2D eigenvalue weighted by Crippen LogP contribution is 2.30. The summed E-state index contributed by atoms with van der Waals surface area (Å²) in [5.41, 5.74) is 2.24. The van der Waals surface area contributed by atoms with E-state index in [9.17, 15) is 14.4 Å². The van der Waals surface area contributed by atoms with Crippen LogP contribution in [-0.4, -0.2) is 28.9 Å². The highest BCUT2D eigenvalue weighted by Gasteiger charge is 2.21. The van der Waals surface area contributed by atoms with Crippen LogP contribution in [0.4, 0.5) is 0 Å². The molecule has 0 saturated carbocycles. The van der Waals surface area contributed by atoms with Crippen LogP contribution in [0.1, 0.15) is 78.1 Å². The zero-order valence-corrected chi connectivity index (χ0v) is 15.4. The second-order valence-corrected chi connectivity index (χ2v) is 6.50. The van der Waals surface area contributed by atoms with Crippen LogP contribution >= 0.6 is 0 Å². The molecule has 0 spiro atoms. The van der Waals surface area contributed by atoms with Crippen molar-refractivity contribution in [3.63, 3.8) is 0 Å². The van der Waals surface area contributed by atoms with Gasteiger partial charge in [-0.05, 0) is 56.9 Å². The molecular weight excluding hydrogens is 320 g/mol. The Hall–Kier alpha value is -1.91. The Morgan fingerprint density at radius 1 is 1.20 bits per heavy atom. The van der Waals surface area contributed by atoms with Gasteiger partial charge in [0.1, 0.15) is 6.10 Å². The number of rotatable bonds is 12. The van der Waals surface area contributed by atoms with Crippen molar-refractivity contribution in [1.29, 1.82) is 0 Å². The minimum absolute atomic E-state index is 0.00547. The Labute approximate surface area is 150 Å². The summed E-state index contributed by atoms with van der Waals surface area (Å²) in [7, 11) is 0. The minimum Gasteiger partial charge on any atom is -0.481 e. The van der Waals surface area contributed by atoms with Crippen LogP contribution in [0.15, 0.2) is 23.3 Å². The molecule has 0 radical (unpaired) electrons. The molecule has 0 amide bonds. The van der Waals surface area contributed by atoms with Crippen molar-refractivity contribution in [3.8, 4) is 0 Å². The SMILES string of the molecule is CC/C=C\CC1=C(CCCC[C@H](CCC(=O)O)OC(C)=O)CCC1=O. The number of esters is 1. The normalized spacial score (nSPS) is 15.8. The summed E-state index contributed by atoms with van der Waals surface area (Å²) in [6.45, 7) is 3.42. The second-order valence-electron chi connectivity index (χ2n) is 6.50. The molecule has 1 aliphatic rings. The lowest BCUT2D eigenvalue weighted by Crippen LogP contribution is -2.17. The lowest BCUT2D eigenvalue weighted by Gasteiger charge is -2.16. The summed E-state index contributed by atoms with van der Waals surface area (Å²) >= 11 is 0. The van der Waals surface area contributed by atoms with Gasteiger partial charge in [-0.2, -0.15) is 0 Å². The average Bonchev–Trinajstić information content (AvgIpc) is 2.89. The molecule has 0 aliphatic heterocycles. The summed E-state index contributed by atoms with van der Waals surface area (Å²) < 4.78 is 5.20. The maximum atomic E-state index is 12.0. The zero-order chi connectivity index (χ0) is 18.7. The lowest BCUT2D eigenvalue weighted by atomic mass is 9.99. The molecule has 0 aromatic carbocycles. The summed E-state index contributed by atoms with van der Waals surface area (Å²) in [6, 6.07) is 0. The first-order valence-corrected chi connectivity index (χ1v) is 9.22. The number of ketones is 1. The smallest absolute Gasteiger partial charge is 0.303 e. The first kappa shape index (κ1) is 21.1. The molecule has 0 aromatic heterocycles. The van der Waals surface area contributed by atoms with Gasteiger partial charge in [0.25, 0.3) is 0 Å². The fraction of sp³-hybridized carbons (Fsp3) is 0.650. The molecule has 1 aliphatic carbocycles. The monoisotopic (exact) mass is 350 g/mol. The topological polar surface area (TPSA) is 80.7 Å². The fourth-order valence-corrected chi connectivity index (χ4v) is 3.16. The fourth-order valence-electron chi connectivity index (χ4n) is 3.16. The number of hydrogen-bond donors (Lipinski definition) is 1. The quantitative estimate of drug-likeness (QED) is 0.321. The van der Waals surface area contributed by atoms with Crippen LogP contribution in [0.2, 0.25) is 0 Å². The van der Waals surface area contributed by atoms with E-state index < -0.39 is 5.97 Å². The largest absolute Gasteiger partial charge is 0.481 e. The number of Topliss-reactive ketones (excluding diaryl/α,β-unsaturated/α-hetero) is 1. The molecule has 5 nitrogen and oxygen atoms in total. The highest BCUT2D eigenvalue weighted by molar-refractivity contribution is 5.98. The van der Waals surface area contributed by atoms with Crippen molar-refractivity contribution in [2.45, 2.75) is 84.2 Å². The zero-order valence-electron chi connectivity index (χ0n) is 15.4. The van der Waals surface area contributed by atoms with E-state index >= 15 is 0 Å². The van der Waals surface area contributed by atoms with E-state index in [4.69, 9.17) is 9.84 Å². The molecule has 0 fully saturated rings. The van der Waals surface area contributed by atoms with Crippen molar-refractivity contribution >= 4 is 17.7 Å². The van der Waals surface area contributed by atoms with Crippen LogP contribution in [-0.2, 0) is 19.1 Å². The predicted molar refractivity (Wildman–Crippen MR) is 96.2 cm³/mol. The number of carboxylic acid groups (broad SMARTS) is 1. The van der Waals surface area contributed by atoms with Crippen molar-refractivity contribution in [1.82, 2.24) is 0 Å². The van der Waals surface area contributed by atoms with Gasteiger partial charge >= 0.3 is 11.9 Å². The van der Waals surface area contributed by atoms with E-state index in [0.29, 0.717) is 19.3 Å². The van der Waals surface area contributed by atoms with Gasteiger partial charge in [-0.1, -0.05) is 24.6 Å². The first-order valence-electron chi connectivity index (χ1n) is 9.22. The van der Waals surface area contributed by atoms with E-state index in [1.807, 2.05) is 0 Å². The van der Waals surface area contributed by atoms with E-state index in [0.717, 1.165) is 44.1 Å². The lowest BCUT2D eigenvalue weighted by molar-refractivity contribution is -0.149. The Balaban J connectivity index is 2.44. The number of carbonyl (C=O) groups excluding carboxylic acids is 2. The number of allylic oxidation sites excluding steroid dienone is 4. The van der Waals surface area contributed by atoms with Gasteiger partial charge in [0.05, 0.1) is 0 Å². The van der Waals surface area contributed by atoms with E-state index in [-0.39, 0.29) is 24.3 Å². The van der Waals surface area contributed by atoms with Crippen molar-refractivity contribution in [2.75, 3.05) is 0 Å². The molecule has 0 saturated heterocycles. The van der Waals surface area contributed by atoms with E-state index in [1.165, 1.54) is 12.5 Å². The maximum Gasteiger partial charge on any atom is 0.303 e. The molecule has 1 N–H and O–H groups in total. The predicted octanol–water partition coefficient (Wildman–Crippen LogP) is 4.36. The van der Waals surface area contributed by atoms with Crippen molar-refractivity contribution in [3.05, 3.63) is 23.3 Å². The second kappa shape index (κ2) is 11.6. The molecule has 25 heavy (non-hydrogen) atoms.